The number of carboxylic acids is 1. The summed E-state index contributed by atoms with van der Waals surface area (Å²) in [6, 6.07) is -5.23. The minimum Gasteiger partial charge on any atom is -0.480 e. The van der Waals surface area contributed by atoms with E-state index in [1.807, 2.05) is 0 Å². The first-order valence-corrected chi connectivity index (χ1v) is 8.50. The monoisotopic (exact) mass is 407 g/mol. The third-order valence-electron chi connectivity index (χ3n) is 3.37. The summed E-state index contributed by atoms with van der Waals surface area (Å²) in [5.41, 5.74) is 10.4. The molecular weight excluding hydrogens is 382 g/mol. The van der Waals surface area contributed by atoms with Crippen LogP contribution >= 0.6 is 12.6 Å². The summed E-state index contributed by atoms with van der Waals surface area (Å²) in [7, 11) is 0. The van der Waals surface area contributed by atoms with Crippen LogP contribution in [0.2, 0.25) is 0 Å². The van der Waals surface area contributed by atoms with Crippen molar-refractivity contribution in [2.45, 2.75) is 50.5 Å². The lowest BCUT2D eigenvalue weighted by molar-refractivity contribution is -0.142. The number of thiol groups is 1. The molecule has 4 amide bonds. The molecule has 0 saturated heterocycles. The van der Waals surface area contributed by atoms with Crippen LogP contribution in [0.25, 0.3) is 0 Å². The van der Waals surface area contributed by atoms with Gasteiger partial charge in [0.1, 0.15) is 18.1 Å². The molecule has 0 aliphatic heterocycles. The summed E-state index contributed by atoms with van der Waals surface area (Å²) in [6.07, 6.45) is -1.79. The van der Waals surface area contributed by atoms with Crippen molar-refractivity contribution in [2.75, 3.05) is 5.75 Å². The van der Waals surface area contributed by atoms with E-state index in [4.69, 9.17) is 16.6 Å². The van der Waals surface area contributed by atoms with Crippen molar-refractivity contribution in [2.24, 2.45) is 11.5 Å². The van der Waals surface area contributed by atoms with Crippen molar-refractivity contribution in [1.29, 1.82) is 0 Å². The minimum absolute atomic E-state index is 0.180. The Hall–Kier alpha value is -2.38. The van der Waals surface area contributed by atoms with Crippen LogP contribution in [0.1, 0.15) is 20.3 Å². The van der Waals surface area contributed by atoms with E-state index in [2.05, 4.69) is 28.6 Å². The standard InChI is InChI=1S/C14H25N5O7S/c1-5(14(25)26)17-13(24)10(6(2)20)19-12(23)8(4-27)18-11(22)7(15)3-9(16)21/h5-8,10,20,27H,3-4,15H2,1-2H3,(H2,16,21)(H,17,24)(H,18,22)(H,19,23)(H,25,26). The molecule has 0 heterocycles. The fourth-order valence-electron chi connectivity index (χ4n) is 1.81. The first-order chi connectivity index (χ1) is 12.4. The zero-order valence-corrected chi connectivity index (χ0v) is 15.7. The zero-order chi connectivity index (χ0) is 21.3. The molecule has 0 radical (unpaired) electrons. The highest BCUT2D eigenvalue weighted by molar-refractivity contribution is 7.80. The Morgan fingerprint density at radius 2 is 1.56 bits per heavy atom. The van der Waals surface area contributed by atoms with E-state index in [0.29, 0.717) is 0 Å². The van der Waals surface area contributed by atoms with Gasteiger partial charge in [0.05, 0.1) is 18.6 Å². The number of nitrogens with one attached hydrogen (secondary N) is 3. The molecule has 0 saturated carbocycles. The first kappa shape index (κ1) is 24.6. The number of aliphatic hydroxyl groups is 1. The number of nitrogens with two attached hydrogens (primary N) is 2. The number of aliphatic carboxylic acids is 1. The number of carbonyl (C=O) groups excluding carboxylic acids is 4. The predicted octanol–water partition coefficient (Wildman–Crippen LogP) is -3.94. The van der Waals surface area contributed by atoms with Gasteiger partial charge in [-0.05, 0) is 13.8 Å². The van der Waals surface area contributed by atoms with Crippen LogP contribution in [0.15, 0.2) is 0 Å². The number of carboxylic acid groups (broad SMARTS) is 1. The molecule has 0 aromatic rings. The second-order valence-corrected chi connectivity index (χ2v) is 6.18. The van der Waals surface area contributed by atoms with E-state index in [0.717, 1.165) is 0 Å². The molecule has 5 unspecified atom stereocenters. The lowest BCUT2D eigenvalue weighted by atomic mass is 10.1. The maximum absolute atomic E-state index is 12.3. The molecular formula is C14H25N5O7S. The molecule has 0 aromatic carbocycles. The molecule has 0 spiro atoms. The summed E-state index contributed by atoms with van der Waals surface area (Å²) in [5.74, 6) is -4.91. The molecule has 0 aromatic heterocycles. The van der Waals surface area contributed by atoms with Crippen molar-refractivity contribution < 1.29 is 34.2 Å². The summed E-state index contributed by atoms with van der Waals surface area (Å²) in [5, 5.41) is 25.1. The SMILES string of the molecule is CC(NC(=O)C(NC(=O)C(CS)NC(=O)C(N)CC(N)=O)C(C)O)C(=O)O. The second-order valence-electron chi connectivity index (χ2n) is 5.82. The Labute approximate surface area is 160 Å². The van der Waals surface area contributed by atoms with Crippen molar-refractivity contribution in [3.63, 3.8) is 0 Å². The quantitative estimate of drug-likeness (QED) is 0.158. The van der Waals surface area contributed by atoms with E-state index >= 15 is 0 Å². The number of hydrogen-bond donors (Lipinski definition) is 8. The maximum atomic E-state index is 12.3. The van der Waals surface area contributed by atoms with E-state index in [1.54, 1.807) is 0 Å². The molecule has 5 atom stereocenters. The topological polar surface area (TPSA) is 214 Å². The largest absolute Gasteiger partial charge is 0.480 e. The minimum atomic E-state index is -1.47. The van der Waals surface area contributed by atoms with Gasteiger partial charge in [0.15, 0.2) is 0 Å². The molecule has 0 bridgehead atoms. The van der Waals surface area contributed by atoms with Gasteiger partial charge >= 0.3 is 5.97 Å². The molecule has 0 rings (SSSR count). The number of rotatable bonds is 11. The molecule has 0 aliphatic carbocycles. The van der Waals surface area contributed by atoms with Crippen LogP contribution in [0.5, 0.6) is 0 Å². The van der Waals surface area contributed by atoms with Gasteiger partial charge in [0.25, 0.3) is 0 Å². The highest BCUT2D eigenvalue weighted by atomic mass is 32.1. The third kappa shape index (κ3) is 8.70. The molecule has 9 N–H and O–H groups in total. The van der Waals surface area contributed by atoms with Crippen LogP contribution in [0.4, 0.5) is 0 Å². The van der Waals surface area contributed by atoms with Gasteiger partial charge in [-0.3, -0.25) is 24.0 Å². The third-order valence-corrected chi connectivity index (χ3v) is 3.73. The number of amides is 4. The fraction of sp³-hybridized carbons (Fsp3) is 0.643. The Kier molecular flexibility index (Phi) is 10.4. The second kappa shape index (κ2) is 11.4. The predicted molar refractivity (Wildman–Crippen MR) is 96.4 cm³/mol. The van der Waals surface area contributed by atoms with Crippen LogP contribution in [-0.4, -0.2) is 75.8 Å². The van der Waals surface area contributed by atoms with E-state index in [1.165, 1.54) is 13.8 Å². The average Bonchev–Trinajstić information content (AvgIpc) is 2.55. The van der Waals surface area contributed by atoms with E-state index in [-0.39, 0.29) is 5.75 Å². The molecule has 27 heavy (non-hydrogen) atoms. The Bertz CT molecular complexity index is 586. The van der Waals surface area contributed by atoms with Gasteiger partial charge in [0, 0.05) is 5.75 Å². The van der Waals surface area contributed by atoms with Crippen LogP contribution < -0.4 is 27.4 Å². The molecule has 12 nitrogen and oxygen atoms in total. The Morgan fingerprint density at radius 1 is 1.00 bits per heavy atom. The number of hydrogen-bond acceptors (Lipinski definition) is 8. The summed E-state index contributed by atoms with van der Waals surface area (Å²) in [4.78, 5) is 57.8. The molecule has 0 fully saturated rings. The number of carbonyl (C=O) groups is 5. The van der Waals surface area contributed by atoms with Crippen LogP contribution in [0.3, 0.4) is 0 Å². The summed E-state index contributed by atoms with van der Waals surface area (Å²) < 4.78 is 0. The van der Waals surface area contributed by atoms with Crippen molar-refractivity contribution in [3.8, 4) is 0 Å². The molecule has 154 valence electrons. The average molecular weight is 407 g/mol. The summed E-state index contributed by atoms with van der Waals surface area (Å²) in [6.45, 7) is 2.42. The fourth-order valence-corrected chi connectivity index (χ4v) is 2.06. The van der Waals surface area contributed by atoms with Gasteiger partial charge in [-0.1, -0.05) is 0 Å². The Morgan fingerprint density at radius 3 is 1.96 bits per heavy atom. The maximum Gasteiger partial charge on any atom is 0.325 e. The number of primary amides is 1. The normalized spacial score (nSPS) is 16.2. The van der Waals surface area contributed by atoms with Gasteiger partial charge in [-0.25, -0.2) is 0 Å². The highest BCUT2D eigenvalue weighted by Crippen LogP contribution is 1.99. The lowest BCUT2D eigenvalue weighted by Crippen LogP contribution is -2.60. The zero-order valence-electron chi connectivity index (χ0n) is 14.8. The van der Waals surface area contributed by atoms with Crippen molar-refractivity contribution in [3.05, 3.63) is 0 Å². The highest BCUT2D eigenvalue weighted by Gasteiger charge is 2.31. The van der Waals surface area contributed by atoms with Crippen molar-refractivity contribution >= 4 is 42.2 Å². The smallest absolute Gasteiger partial charge is 0.325 e. The van der Waals surface area contributed by atoms with Gasteiger partial charge in [0.2, 0.25) is 23.6 Å². The van der Waals surface area contributed by atoms with Gasteiger partial charge in [-0.15, -0.1) is 0 Å². The van der Waals surface area contributed by atoms with E-state index in [9.17, 15) is 29.1 Å². The van der Waals surface area contributed by atoms with Gasteiger partial charge < -0.3 is 37.6 Å². The molecule has 0 aliphatic rings. The Balaban J connectivity index is 5.02. The summed E-state index contributed by atoms with van der Waals surface area (Å²) >= 11 is 3.93. The number of aliphatic hydroxyl groups excluding tert-OH is 1. The van der Waals surface area contributed by atoms with Crippen LogP contribution in [-0.2, 0) is 24.0 Å². The van der Waals surface area contributed by atoms with Gasteiger partial charge in [-0.2, -0.15) is 12.6 Å². The van der Waals surface area contributed by atoms with Crippen LogP contribution in [0, 0.1) is 0 Å². The lowest BCUT2D eigenvalue weighted by Gasteiger charge is -2.25. The molecule has 13 heteroatoms. The van der Waals surface area contributed by atoms with Crippen molar-refractivity contribution in [1.82, 2.24) is 16.0 Å². The van der Waals surface area contributed by atoms with E-state index < -0.39 is 66.3 Å². The first-order valence-electron chi connectivity index (χ1n) is 7.87.